The molecule has 0 heterocycles. The first kappa shape index (κ1) is 20.3. The molecule has 3 heteroatoms. The molecule has 0 aliphatic rings. The van der Waals surface area contributed by atoms with E-state index in [1.165, 1.54) is 7.11 Å². The van der Waals surface area contributed by atoms with Gasteiger partial charge >= 0.3 is 5.97 Å². The van der Waals surface area contributed by atoms with Gasteiger partial charge in [-0.25, -0.2) is 0 Å². The number of carbonyl (C=O) groups excluding carboxylic acids is 1. The largest absolute Gasteiger partial charge is 0.469 e. The van der Waals surface area contributed by atoms with Crippen molar-refractivity contribution in [3.05, 3.63) is 35.4 Å². The molecule has 22 heavy (non-hydrogen) atoms. The number of rotatable bonds is 8. The highest BCUT2D eigenvalue weighted by atomic mass is 79.9. The van der Waals surface area contributed by atoms with Crippen LogP contribution in [0.25, 0.3) is 0 Å². The van der Waals surface area contributed by atoms with Crippen LogP contribution in [-0.2, 0) is 9.53 Å². The third kappa shape index (κ3) is 16.3. The van der Waals surface area contributed by atoms with Gasteiger partial charge in [0.2, 0.25) is 0 Å². The van der Waals surface area contributed by atoms with E-state index in [2.05, 4.69) is 50.4 Å². The third-order valence-electron chi connectivity index (χ3n) is 2.64. The number of halogens is 1. The lowest BCUT2D eigenvalue weighted by Gasteiger charge is -1.94. The van der Waals surface area contributed by atoms with Gasteiger partial charge in [0.1, 0.15) is 0 Å². The molecule has 0 bridgehead atoms. The molecule has 0 aromatic carbocycles. The van der Waals surface area contributed by atoms with Gasteiger partial charge in [-0.1, -0.05) is 51.8 Å². The minimum absolute atomic E-state index is 0.159. The maximum absolute atomic E-state index is 10.9. The number of ether oxygens (including phenoxy) is 1. The van der Waals surface area contributed by atoms with Crippen molar-refractivity contribution in [2.75, 3.05) is 7.11 Å². The molecule has 0 amide bonds. The highest BCUT2D eigenvalue weighted by Crippen LogP contribution is 2.00. The molecule has 0 rings (SSSR count). The van der Waals surface area contributed by atoms with Crippen LogP contribution in [0.15, 0.2) is 35.4 Å². The maximum atomic E-state index is 10.9. The summed E-state index contributed by atoms with van der Waals surface area (Å²) < 4.78 is 4.56. The van der Waals surface area contributed by atoms with Crippen LogP contribution in [0.2, 0.25) is 0 Å². The van der Waals surface area contributed by atoms with Gasteiger partial charge in [-0.05, 0) is 55.3 Å². The molecular weight excluding hydrogens is 340 g/mol. The SMILES string of the molecule is COC(=O)CCC/C=C\C#C/C=C/CCCCC#C/C=C/Br. The molecule has 0 unspecified atom stereocenters. The van der Waals surface area contributed by atoms with Crippen molar-refractivity contribution in [3.8, 4) is 23.7 Å². The minimum Gasteiger partial charge on any atom is -0.469 e. The Hall–Kier alpha value is -1.71. The number of allylic oxidation sites excluding steroid dienone is 5. The Balaban J connectivity index is 3.54. The molecule has 118 valence electrons. The highest BCUT2D eigenvalue weighted by molar-refractivity contribution is 9.11. The Morgan fingerprint density at radius 1 is 1.00 bits per heavy atom. The monoisotopic (exact) mass is 362 g/mol. The summed E-state index contributed by atoms with van der Waals surface area (Å²) in [4.78, 5) is 12.6. The van der Waals surface area contributed by atoms with Gasteiger partial charge in [-0.15, -0.1) is 0 Å². The zero-order chi connectivity index (χ0) is 16.3. The first-order valence-electron chi connectivity index (χ1n) is 7.42. The first-order chi connectivity index (χ1) is 10.8. The standard InChI is InChI=1S/C19H23BrO2/c1-22-19(21)17-15-13-11-9-7-5-3-2-4-6-8-10-12-14-16-18-20/h2-3,9,11,16,18H,4,6,8,10,13,15,17H2,1H3/b3-2+,11-9-,18-16+. The third-order valence-corrected chi connectivity index (χ3v) is 2.90. The van der Waals surface area contributed by atoms with Crippen LogP contribution in [0, 0.1) is 23.7 Å². The number of carbonyl (C=O) groups is 1. The van der Waals surface area contributed by atoms with Gasteiger partial charge in [0, 0.05) is 12.8 Å². The molecule has 0 spiro atoms. The second kappa shape index (κ2) is 17.3. The summed E-state index contributed by atoms with van der Waals surface area (Å²) in [7, 11) is 1.41. The van der Waals surface area contributed by atoms with Crippen molar-refractivity contribution in [2.24, 2.45) is 0 Å². The second-order valence-corrected chi connectivity index (χ2v) is 4.95. The molecule has 0 aromatic heterocycles. The minimum atomic E-state index is -0.159. The normalized spacial score (nSPS) is 10.5. The smallest absolute Gasteiger partial charge is 0.305 e. The average molecular weight is 363 g/mol. The molecule has 0 radical (unpaired) electrons. The predicted octanol–water partition coefficient (Wildman–Crippen LogP) is 4.92. The Labute approximate surface area is 142 Å². The van der Waals surface area contributed by atoms with Crippen molar-refractivity contribution >= 4 is 21.9 Å². The Kier molecular flexibility index (Phi) is 16.0. The van der Waals surface area contributed by atoms with Crippen molar-refractivity contribution in [1.29, 1.82) is 0 Å². The zero-order valence-electron chi connectivity index (χ0n) is 13.1. The van der Waals surface area contributed by atoms with E-state index in [0.717, 1.165) is 38.5 Å². The molecule has 0 saturated heterocycles. The van der Waals surface area contributed by atoms with Gasteiger partial charge < -0.3 is 4.74 Å². The van der Waals surface area contributed by atoms with Crippen LogP contribution in [0.3, 0.4) is 0 Å². The molecule has 0 aliphatic carbocycles. The first-order valence-corrected chi connectivity index (χ1v) is 8.34. The second-order valence-electron chi connectivity index (χ2n) is 4.42. The molecule has 0 atom stereocenters. The van der Waals surface area contributed by atoms with Gasteiger partial charge in [0.05, 0.1) is 7.11 Å². The Bertz CT molecular complexity index is 493. The van der Waals surface area contributed by atoms with Crippen molar-refractivity contribution in [1.82, 2.24) is 0 Å². The summed E-state index contributed by atoms with van der Waals surface area (Å²) in [6.07, 6.45) is 15.9. The van der Waals surface area contributed by atoms with Gasteiger partial charge in [-0.3, -0.25) is 4.79 Å². The van der Waals surface area contributed by atoms with Crippen LogP contribution in [0.1, 0.15) is 44.9 Å². The molecule has 0 aliphatic heterocycles. The van der Waals surface area contributed by atoms with Crippen molar-refractivity contribution < 1.29 is 9.53 Å². The van der Waals surface area contributed by atoms with E-state index in [1.54, 1.807) is 11.1 Å². The van der Waals surface area contributed by atoms with Crippen LogP contribution in [0.5, 0.6) is 0 Å². The zero-order valence-corrected chi connectivity index (χ0v) is 14.7. The fourth-order valence-corrected chi connectivity index (χ4v) is 1.62. The molecule has 0 aromatic rings. The van der Waals surface area contributed by atoms with E-state index in [0.29, 0.717) is 6.42 Å². The highest BCUT2D eigenvalue weighted by Gasteiger charge is 1.96. The number of esters is 1. The van der Waals surface area contributed by atoms with Crippen molar-refractivity contribution in [2.45, 2.75) is 44.9 Å². The summed E-state index contributed by atoms with van der Waals surface area (Å²) in [6.45, 7) is 0. The van der Waals surface area contributed by atoms with E-state index >= 15 is 0 Å². The summed E-state index contributed by atoms with van der Waals surface area (Å²) in [5.74, 6) is 11.8. The molecule has 0 fully saturated rings. The summed E-state index contributed by atoms with van der Waals surface area (Å²) in [5.41, 5.74) is 0. The van der Waals surface area contributed by atoms with Crippen LogP contribution >= 0.6 is 15.9 Å². The van der Waals surface area contributed by atoms with E-state index < -0.39 is 0 Å². The fourth-order valence-electron chi connectivity index (χ4n) is 1.49. The van der Waals surface area contributed by atoms with E-state index in [4.69, 9.17) is 0 Å². The number of hydrogen-bond acceptors (Lipinski definition) is 2. The fraction of sp³-hybridized carbons (Fsp3) is 0.421. The van der Waals surface area contributed by atoms with Gasteiger partial charge in [0.25, 0.3) is 0 Å². The summed E-state index contributed by atoms with van der Waals surface area (Å²) >= 11 is 3.17. The number of unbranched alkanes of at least 4 members (excludes halogenated alkanes) is 4. The molecule has 0 N–H and O–H groups in total. The van der Waals surface area contributed by atoms with Crippen molar-refractivity contribution in [3.63, 3.8) is 0 Å². The van der Waals surface area contributed by atoms with Crippen LogP contribution in [0.4, 0.5) is 0 Å². The molecular formula is C19H23BrO2. The molecule has 2 nitrogen and oxygen atoms in total. The van der Waals surface area contributed by atoms with Gasteiger partial charge in [-0.2, -0.15) is 0 Å². The van der Waals surface area contributed by atoms with Crippen LogP contribution in [-0.4, -0.2) is 13.1 Å². The van der Waals surface area contributed by atoms with E-state index in [1.807, 2.05) is 18.2 Å². The lowest BCUT2D eigenvalue weighted by Crippen LogP contribution is -1.98. The predicted molar refractivity (Wildman–Crippen MR) is 96.2 cm³/mol. The van der Waals surface area contributed by atoms with E-state index in [9.17, 15) is 4.79 Å². The lowest BCUT2D eigenvalue weighted by molar-refractivity contribution is -0.140. The summed E-state index contributed by atoms with van der Waals surface area (Å²) in [6, 6.07) is 0. The number of hydrogen-bond donors (Lipinski definition) is 0. The van der Waals surface area contributed by atoms with Crippen LogP contribution < -0.4 is 0 Å². The van der Waals surface area contributed by atoms with Gasteiger partial charge in [0.15, 0.2) is 0 Å². The van der Waals surface area contributed by atoms with E-state index in [-0.39, 0.29) is 5.97 Å². The maximum Gasteiger partial charge on any atom is 0.305 e. The average Bonchev–Trinajstić information content (AvgIpc) is 2.54. The number of methoxy groups -OCH3 is 1. The summed E-state index contributed by atoms with van der Waals surface area (Å²) in [5, 5.41) is 0. The topological polar surface area (TPSA) is 26.3 Å². The quantitative estimate of drug-likeness (QED) is 0.348. The Morgan fingerprint density at radius 3 is 2.32 bits per heavy atom. The lowest BCUT2D eigenvalue weighted by atomic mass is 10.2. The Morgan fingerprint density at radius 2 is 1.68 bits per heavy atom. The molecule has 0 saturated carbocycles.